The first-order valence-corrected chi connectivity index (χ1v) is 5.54. The van der Waals surface area contributed by atoms with Crippen molar-refractivity contribution in [2.45, 2.75) is 6.17 Å². The van der Waals surface area contributed by atoms with Gasteiger partial charge in [0.05, 0.1) is 5.92 Å². The highest BCUT2D eigenvalue weighted by molar-refractivity contribution is 5.95. The van der Waals surface area contributed by atoms with E-state index in [2.05, 4.69) is 21.3 Å². The second kappa shape index (κ2) is 5.48. The maximum Gasteiger partial charge on any atom is 0.252 e. The van der Waals surface area contributed by atoms with Gasteiger partial charge in [0.2, 0.25) is 0 Å². The molecule has 1 saturated heterocycles. The maximum atomic E-state index is 11.9. The summed E-state index contributed by atoms with van der Waals surface area (Å²) in [6.45, 7) is 0.482. The number of rotatable bonds is 3. The summed E-state index contributed by atoms with van der Waals surface area (Å²) in [5.74, 6) is -0.430. The average molecular weight is 249 g/mol. The predicted octanol–water partition coefficient (Wildman–Crippen LogP) is -0.787. The molecule has 0 saturated carbocycles. The minimum absolute atomic E-state index is 0.0749. The summed E-state index contributed by atoms with van der Waals surface area (Å²) in [5.41, 5.74) is 11.8. The van der Waals surface area contributed by atoms with Gasteiger partial charge < -0.3 is 16.3 Å². The molecule has 1 fully saturated rings. The summed E-state index contributed by atoms with van der Waals surface area (Å²) >= 11 is 0. The summed E-state index contributed by atoms with van der Waals surface area (Å²) in [5, 5.41) is 14.4. The monoisotopic (exact) mass is 249 g/mol. The van der Waals surface area contributed by atoms with E-state index >= 15 is 0 Å². The number of nitrogens with zero attached hydrogens (tertiary/aromatic N) is 1. The summed E-state index contributed by atoms with van der Waals surface area (Å²) < 4.78 is 0. The van der Waals surface area contributed by atoms with Crippen LogP contribution in [-0.4, -0.2) is 29.7 Å². The first kappa shape index (κ1) is 12.3. The number of carbonyl (C=O) groups is 1. The van der Waals surface area contributed by atoms with E-state index in [-0.39, 0.29) is 17.7 Å². The largest absolute Gasteiger partial charge is 0.409 e. The Morgan fingerprint density at radius 2 is 2.17 bits per heavy atom. The van der Waals surface area contributed by atoms with Crippen LogP contribution in [0, 0.1) is 5.92 Å². The van der Waals surface area contributed by atoms with E-state index in [9.17, 15) is 4.79 Å². The lowest BCUT2D eigenvalue weighted by atomic mass is 10.1. The molecule has 1 aliphatic heterocycles. The van der Waals surface area contributed by atoms with Gasteiger partial charge >= 0.3 is 0 Å². The SMILES string of the molecule is N/C(=N\O)C1CNNC1NC(=O)c1ccccc1. The van der Waals surface area contributed by atoms with Crippen molar-refractivity contribution < 1.29 is 10.0 Å². The zero-order valence-corrected chi connectivity index (χ0v) is 9.63. The summed E-state index contributed by atoms with van der Waals surface area (Å²) in [4.78, 5) is 11.9. The molecule has 0 bridgehead atoms. The Morgan fingerprint density at radius 1 is 1.44 bits per heavy atom. The topological polar surface area (TPSA) is 112 Å². The molecule has 1 aliphatic rings. The van der Waals surface area contributed by atoms with Gasteiger partial charge in [-0.2, -0.15) is 0 Å². The molecule has 1 aromatic carbocycles. The molecule has 2 rings (SSSR count). The van der Waals surface area contributed by atoms with Crippen molar-refractivity contribution >= 4 is 11.7 Å². The fourth-order valence-corrected chi connectivity index (χ4v) is 1.80. The van der Waals surface area contributed by atoms with Crippen LogP contribution < -0.4 is 21.9 Å². The highest BCUT2D eigenvalue weighted by Crippen LogP contribution is 2.07. The number of nitrogens with two attached hydrogens (primary N) is 1. The maximum absolute atomic E-state index is 11.9. The molecule has 2 unspecified atom stereocenters. The van der Waals surface area contributed by atoms with Gasteiger partial charge in [-0.1, -0.05) is 23.4 Å². The van der Waals surface area contributed by atoms with E-state index < -0.39 is 6.17 Å². The van der Waals surface area contributed by atoms with Gasteiger partial charge in [0, 0.05) is 12.1 Å². The molecule has 0 aliphatic carbocycles. The molecule has 6 N–H and O–H groups in total. The number of amides is 1. The van der Waals surface area contributed by atoms with Crippen molar-refractivity contribution in [2.75, 3.05) is 6.54 Å². The van der Waals surface area contributed by atoms with Gasteiger partial charge in [-0.05, 0) is 12.1 Å². The van der Waals surface area contributed by atoms with Crippen LogP contribution in [0.3, 0.4) is 0 Å². The van der Waals surface area contributed by atoms with E-state index in [4.69, 9.17) is 10.9 Å². The van der Waals surface area contributed by atoms with E-state index in [0.29, 0.717) is 12.1 Å². The Hall–Kier alpha value is -2.12. The van der Waals surface area contributed by atoms with Crippen molar-refractivity contribution in [2.24, 2.45) is 16.8 Å². The van der Waals surface area contributed by atoms with Gasteiger partial charge in [-0.3, -0.25) is 10.2 Å². The van der Waals surface area contributed by atoms with Crippen LogP contribution in [0.25, 0.3) is 0 Å². The number of carbonyl (C=O) groups excluding carboxylic acids is 1. The van der Waals surface area contributed by atoms with Crippen LogP contribution >= 0.6 is 0 Å². The Kier molecular flexibility index (Phi) is 3.75. The molecule has 18 heavy (non-hydrogen) atoms. The Morgan fingerprint density at radius 3 is 2.83 bits per heavy atom. The van der Waals surface area contributed by atoms with E-state index in [1.165, 1.54) is 0 Å². The zero-order valence-electron chi connectivity index (χ0n) is 9.63. The third kappa shape index (κ3) is 2.58. The van der Waals surface area contributed by atoms with E-state index in [1.54, 1.807) is 24.3 Å². The van der Waals surface area contributed by atoms with Crippen molar-refractivity contribution in [3.8, 4) is 0 Å². The van der Waals surface area contributed by atoms with Gasteiger partial charge in [0.1, 0.15) is 12.0 Å². The van der Waals surface area contributed by atoms with Crippen LogP contribution in [-0.2, 0) is 0 Å². The first-order valence-electron chi connectivity index (χ1n) is 5.54. The average Bonchev–Trinajstić information content (AvgIpc) is 2.87. The predicted molar refractivity (Wildman–Crippen MR) is 65.7 cm³/mol. The van der Waals surface area contributed by atoms with Crippen molar-refractivity contribution in [3.63, 3.8) is 0 Å². The Bertz CT molecular complexity index is 448. The molecule has 7 heteroatoms. The molecule has 0 spiro atoms. The molecule has 0 aromatic heterocycles. The Balaban J connectivity index is 2.03. The number of benzene rings is 1. The fourth-order valence-electron chi connectivity index (χ4n) is 1.80. The lowest BCUT2D eigenvalue weighted by Crippen LogP contribution is -2.49. The third-order valence-corrected chi connectivity index (χ3v) is 2.80. The molecule has 1 amide bonds. The van der Waals surface area contributed by atoms with Crippen LogP contribution in [0.15, 0.2) is 35.5 Å². The highest BCUT2D eigenvalue weighted by atomic mass is 16.4. The number of hydrogen-bond acceptors (Lipinski definition) is 5. The number of hydrazine groups is 1. The number of nitrogens with one attached hydrogen (secondary N) is 3. The standard InChI is InChI=1S/C11H15N5O2/c12-9(16-18)8-6-13-15-10(8)14-11(17)7-4-2-1-3-5-7/h1-5,8,10,13,15,18H,6H2,(H2,12,16)(H,14,17). The molecule has 0 radical (unpaired) electrons. The first-order chi connectivity index (χ1) is 8.72. The normalized spacial score (nSPS) is 23.9. The number of amidine groups is 1. The minimum Gasteiger partial charge on any atom is -0.409 e. The van der Waals surface area contributed by atoms with Crippen molar-refractivity contribution in [3.05, 3.63) is 35.9 Å². The van der Waals surface area contributed by atoms with Crippen LogP contribution in [0.1, 0.15) is 10.4 Å². The number of hydrogen-bond donors (Lipinski definition) is 5. The number of oxime groups is 1. The molecular formula is C11H15N5O2. The van der Waals surface area contributed by atoms with Gasteiger partial charge in [-0.25, -0.2) is 5.43 Å². The second-order valence-electron chi connectivity index (χ2n) is 3.97. The smallest absolute Gasteiger partial charge is 0.252 e. The molecule has 7 nitrogen and oxygen atoms in total. The van der Waals surface area contributed by atoms with E-state index in [0.717, 1.165) is 0 Å². The quantitative estimate of drug-likeness (QED) is 0.209. The van der Waals surface area contributed by atoms with Crippen LogP contribution in [0.2, 0.25) is 0 Å². The molecule has 2 atom stereocenters. The molecule has 1 heterocycles. The summed E-state index contributed by atoms with van der Waals surface area (Å²) in [6.07, 6.45) is -0.409. The third-order valence-electron chi connectivity index (χ3n) is 2.80. The summed E-state index contributed by atoms with van der Waals surface area (Å²) in [6, 6.07) is 8.85. The van der Waals surface area contributed by atoms with Crippen molar-refractivity contribution in [1.82, 2.24) is 16.2 Å². The lowest BCUT2D eigenvalue weighted by molar-refractivity contribution is 0.0927. The summed E-state index contributed by atoms with van der Waals surface area (Å²) in [7, 11) is 0. The van der Waals surface area contributed by atoms with Gasteiger partial charge in [0.25, 0.3) is 5.91 Å². The van der Waals surface area contributed by atoms with Gasteiger partial charge in [0.15, 0.2) is 0 Å². The molecule has 96 valence electrons. The lowest BCUT2D eigenvalue weighted by Gasteiger charge is -2.18. The fraction of sp³-hybridized carbons (Fsp3) is 0.273. The zero-order chi connectivity index (χ0) is 13.0. The Labute approximate surface area is 104 Å². The van der Waals surface area contributed by atoms with Crippen molar-refractivity contribution in [1.29, 1.82) is 0 Å². The van der Waals surface area contributed by atoms with Crippen LogP contribution in [0.4, 0.5) is 0 Å². The van der Waals surface area contributed by atoms with Gasteiger partial charge in [-0.15, -0.1) is 0 Å². The highest BCUT2D eigenvalue weighted by Gasteiger charge is 2.31. The minimum atomic E-state index is -0.409. The molecule has 1 aromatic rings. The van der Waals surface area contributed by atoms with Crippen LogP contribution in [0.5, 0.6) is 0 Å². The van der Waals surface area contributed by atoms with E-state index in [1.807, 2.05) is 6.07 Å². The second-order valence-corrected chi connectivity index (χ2v) is 3.97. The molecular weight excluding hydrogens is 234 g/mol.